The number of rotatable bonds is 7. The SMILES string of the molecule is OCC[C@H]1CN(Cc2ccc(-n3cccn3)cc2)CCN1Cc1ccccc1F. The number of nitrogens with zero attached hydrogens (tertiary/aromatic N) is 4. The van der Waals surface area contributed by atoms with Crippen LogP contribution in [0.2, 0.25) is 0 Å². The molecule has 5 nitrogen and oxygen atoms in total. The van der Waals surface area contributed by atoms with E-state index in [-0.39, 0.29) is 18.5 Å². The molecule has 0 amide bonds. The van der Waals surface area contributed by atoms with Crippen LogP contribution >= 0.6 is 0 Å². The summed E-state index contributed by atoms with van der Waals surface area (Å²) in [4.78, 5) is 4.72. The van der Waals surface area contributed by atoms with Crippen LogP contribution in [0.4, 0.5) is 4.39 Å². The van der Waals surface area contributed by atoms with Gasteiger partial charge >= 0.3 is 0 Å². The molecule has 0 bridgehead atoms. The molecule has 1 aliphatic heterocycles. The number of aliphatic hydroxyl groups is 1. The van der Waals surface area contributed by atoms with Crippen molar-refractivity contribution in [1.29, 1.82) is 0 Å². The van der Waals surface area contributed by atoms with Crippen LogP contribution in [0.15, 0.2) is 67.0 Å². The Morgan fingerprint density at radius 1 is 1.00 bits per heavy atom. The minimum absolute atomic E-state index is 0.144. The second-order valence-corrected chi connectivity index (χ2v) is 7.58. The first-order chi connectivity index (χ1) is 14.2. The molecule has 29 heavy (non-hydrogen) atoms. The van der Waals surface area contributed by atoms with Crippen molar-refractivity contribution in [3.8, 4) is 5.69 Å². The van der Waals surface area contributed by atoms with E-state index >= 15 is 0 Å². The normalized spacial score (nSPS) is 18.2. The highest BCUT2D eigenvalue weighted by Gasteiger charge is 2.27. The molecule has 2 aromatic carbocycles. The highest BCUT2D eigenvalue weighted by Crippen LogP contribution is 2.20. The molecular weight excluding hydrogens is 367 g/mol. The third kappa shape index (κ3) is 4.90. The molecule has 1 fully saturated rings. The van der Waals surface area contributed by atoms with Crippen LogP contribution in [0, 0.1) is 5.82 Å². The number of piperazine rings is 1. The van der Waals surface area contributed by atoms with E-state index in [9.17, 15) is 9.50 Å². The molecule has 0 unspecified atom stereocenters. The van der Waals surface area contributed by atoms with Crippen molar-refractivity contribution in [2.24, 2.45) is 0 Å². The number of halogens is 1. The third-order valence-electron chi connectivity index (χ3n) is 5.59. The predicted octanol–water partition coefficient (Wildman–Crippen LogP) is 3.08. The molecule has 1 aromatic heterocycles. The molecule has 6 heteroatoms. The van der Waals surface area contributed by atoms with Crippen molar-refractivity contribution >= 4 is 0 Å². The zero-order valence-corrected chi connectivity index (χ0v) is 16.5. The quantitative estimate of drug-likeness (QED) is 0.669. The highest BCUT2D eigenvalue weighted by molar-refractivity contribution is 5.33. The monoisotopic (exact) mass is 394 g/mol. The van der Waals surface area contributed by atoms with E-state index < -0.39 is 0 Å². The van der Waals surface area contributed by atoms with Crippen LogP contribution in [0.25, 0.3) is 5.69 Å². The molecule has 2 heterocycles. The summed E-state index contributed by atoms with van der Waals surface area (Å²) in [5.74, 6) is -0.157. The van der Waals surface area contributed by atoms with Crippen molar-refractivity contribution in [2.75, 3.05) is 26.2 Å². The van der Waals surface area contributed by atoms with E-state index in [1.165, 1.54) is 11.6 Å². The van der Waals surface area contributed by atoms with E-state index in [2.05, 4.69) is 39.2 Å². The van der Waals surface area contributed by atoms with Crippen LogP contribution in [-0.4, -0.2) is 57.0 Å². The average molecular weight is 394 g/mol. The molecule has 3 aromatic rings. The average Bonchev–Trinajstić information content (AvgIpc) is 3.27. The Morgan fingerprint density at radius 2 is 1.83 bits per heavy atom. The van der Waals surface area contributed by atoms with Gasteiger partial charge in [-0.2, -0.15) is 5.10 Å². The van der Waals surface area contributed by atoms with Gasteiger partial charge in [-0.05, 0) is 36.2 Å². The largest absolute Gasteiger partial charge is 0.396 e. The Bertz CT molecular complexity index is 898. The van der Waals surface area contributed by atoms with Crippen molar-refractivity contribution in [1.82, 2.24) is 19.6 Å². The van der Waals surface area contributed by atoms with Gasteiger partial charge in [0.05, 0.1) is 5.69 Å². The van der Waals surface area contributed by atoms with E-state index in [1.54, 1.807) is 12.3 Å². The Labute approximate surface area is 171 Å². The lowest BCUT2D eigenvalue weighted by Crippen LogP contribution is -2.52. The molecule has 152 valence electrons. The predicted molar refractivity (Wildman–Crippen MR) is 111 cm³/mol. The Morgan fingerprint density at radius 3 is 2.55 bits per heavy atom. The molecule has 0 saturated carbocycles. The maximum atomic E-state index is 14.1. The molecule has 1 saturated heterocycles. The van der Waals surface area contributed by atoms with Gasteiger partial charge in [0, 0.05) is 63.3 Å². The van der Waals surface area contributed by atoms with Crippen molar-refractivity contribution in [3.05, 3.63) is 83.9 Å². The van der Waals surface area contributed by atoms with Crippen LogP contribution in [0.3, 0.4) is 0 Å². The molecular formula is C23H27FN4O. The summed E-state index contributed by atoms with van der Waals surface area (Å²) in [6.07, 6.45) is 4.41. The molecule has 4 rings (SSSR count). The van der Waals surface area contributed by atoms with Crippen LogP contribution in [-0.2, 0) is 13.1 Å². The van der Waals surface area contributed by atoms with Crippen LogP contribution in [0.1, 0.15) is 17.5 Å². The molecule has 0 radical (unpaired) electrons. The van der Waals surface area contributed by atoms with E-state index in [0.29, 0.717) is 13.0 Å². The summed E-state index contributed by atoms with van der Waals surface area (Å²) in [5.41, 5.74) is 3.02. The van der Waals surface area contributed by atoms with Gasteiger partial charge in [0.15, 0.2) is 0 Å². The summed E-state index contributed by atoms with van der Waals surface area (Å²) in [7, 11) is 0. The summed E-state index contributed by atoms with van der Waals surface area (Å²) < 4.78 is 15.9. The Kier molecular flexibility index (Phi) is 6.34. The number of aliphatic hydroxyl groups excluding tert-OH is 1. The van der Waals surface area contributed by atoms with Gasteiger partial charge in [-0.3, -0.25) is 9.80 Å². The second kappa shape index (κ2) is 9.31. The fourth-order valence-electron chi connectivity index (χ4n) is 4.01. The molecule has 1 N–H and O–H groups in total. The molecule has 1 aliphatic rings. The summed E-state index contributed by atoms with van der Waals surface area (Å²) in [6.45, 7) is 4.26. The smallest absolute Gasteiger partial charge is 0.127 e. The number of hydrogen-bond donors (Lipinski definition) is 1. The first-order valence-corrected chi connectivity index (χ1v) is 10.1. The maximum Gasteiger partial charge on any atom is 0.127 e. The van der Waals surface area contributed by atoms with Crippen molar-refractivity contribution in [2.45, 2.75) is 25.6 Å². The highest BCUT2D eigenvalue weighted by atomic mass is 19.1. The molecule has 1 atom stereocenters. The Hall–Kier alpha value is -2.54. The van der Waals surface area contributed by atoms with Gasteiger partial charge in [0.25, 0.3) is 0 Å². The zero-order chi connectivity index (χ0) is 20.1. The van der Waals surface area contributed by atoms with Crippen LogP contribution in [0.5, 0.6) is 0 Å². The lowest BCUT2D eigenvalue weighted by molar-refractivity contribution is 0.0493. The van der Waals surface area contributed by atoms with Gasteiger partial charge in [-0.15, -0.1) is 0 Å². The standard InChI is InChI=1S/C23H27FN4O/c24-23-5-2-1-4-20(23)17-27-14-13-26(18-22(27)10-15-29)16-19-6-8-21(9-7-19)28-12-3-11-25-28/h1-9,11-12,22,29H,10,13-18H2/t22-/m0/s1. The van der Waals surface area contributed by atoms with Crippen molar-refractivity contribution in [3.63, 3.8) is 0 Å². The van der Waals surface area contributed by atoms with Gasteiger partial charge in [0.2, 0.25) is 0 Å². The van der Waals surface area contributed by atoms with Crippen LogP contribution < -0.4 is 0 Å². The molecule has 0 aliphatic carbocycles. The zero-order valence-electron chi connectivity index (χ0n) is 16.5. The van der Waals surface area contributed by atoms with Gasteiger partial charge in [-0.1, -0.05) is 30.3 Å². The van der Waals surface area contributed by atoms with Gasteiger partial charge in [-0.25, -0.2) is 9.07 Å². The fraction of sp³-hybridized carbons (Fsp3) is 0.348. The summed E-state index contributed by atoms with van der Waals surface area (Å²) in [5, 5.41) is 13.8. The fourth-order valence-corrected chi connectivity index (χ4v) is 4.01. The first kappa shape index (κ1) is 19.8. The van der Waals surface area contributed by atoms with Crippen molar-refractivity contribution < 1.29 is 9.50 Å². The summed E-state index contributed by atoms with van der Waals surface area (Å²) in [6, 6.07) is 17.5. The summed E-state index contributed by atoms with van der Waals surface area (Å²) >= 11 is 0. The third-order valence-corrected chi connectivity index (χ3v) is 5.59. The number of aromatic nitrogens is 2. The minimum atomic E-state index is -0.157. The molecule has 0 spiro atoms. The van der Waals surface area contributed by atoms with E-state index in [0.717, 1.165) is 37.4 Å². The van der Waals surface area contributed by atoms with Gasteiger partial charge in [0.1, 0.15) is 5.82 Å². The van der Waals surface area contributed by atoms with E-state index in [4.69, 9.17) is 0 Å². The Balaban J connectivity index is 1.38. The van der Waals surface area contributed by atoms with E-state index in [1.807, 2.05) is 29.1 Å². The number of benzene rings is 2. The second-order valence-electron chi connectivity index (χ2n) is 7.58. The lowest BCUT2D eigenvalue weighted by Gasteiger charge is -2.41. The number of hydrogen-bond acceptors (Lipinski definition) is 4. The first-order valence-electron chi connectivity index (χ1n) is 10.1. The minimum Gasteiger partial charge on any atom is -0.396 e. The lowest BCUT2D eigenvalue weighted by atomic mass is 10.1. The topological polar surface area (TPSA) is 44.5 Å². The maximum absolute atomic E-state index is 14.1. The van der Waals surface area contributed by atoms with Gasteiger partial charge < -0.3 is 5.11 Å².